The number of amides is 1. The van der Waals surface area contributed by atoms with Gasteiger partial charge >= 0.3 is 0 Å². The van der Waals surface area contributed by atoms with Crippen LogP contribution in [0.15, 0.2) is 6.07 Å². The molecular weight excluding hydrogens is 202 g/mol. The number of aryl methyl sites for hydroxylation is 2. The fourth-order valence-corrected chi connectivity index (χ4v) is 1.70. The van der Waals surface area contributed by atoms with E-state index in [0.717, 1.165) is 13.0 Å². The molecular formula is C12H21N3O. The van der Waals surface area contributed by atoms with Crippen molar-refractivity contribution in [3.63, 3.8) is 0 Å². The van der Waals surface area contributed by atoms with Gasteiger partial charge in [-0.3, -0.25) is 4.79 Å². The van der Waals surface area contributed by atoms with Crippen LogP contribution in [0.4, 0.5) is 0 Å². The SMILES string of the molecule is CNCCC(=O)NCCc1cc(C)[nH]c1C. The maximum Gasteiger partial charge on any atom is 0.221 e. The Morgan fingerprint density at radius 3 is 2.69 bits per heavy atom. The fraction of sp³-hybridized carbons (Fsp3) is 0.583. The average Bonchev–Trinajstić information content (AvgIpc) is 2.55. The quantitative estimate of drug-likeness (QED) is 0.671. The van der Waals surface area contributed by atoms with Crippen LogP contribution < -0.4 is 10.6 Å². The highest BCUT2D eigenvalue weighted by Crippen LogP contribution is 2.09. The van der Waals surface area contributed by atoms with Crippen molar-refractivity contribution in [3.8, 4) is 0 Å². The number of carbonyl (C=O) groups is 1. The summed E-state index contributed by atoms with van der Waals surface area (Å²) in [7, 11) is 1.85. The lowest BCUT2D eigenvalue weighted by atomic mass is 10.2. The van der Waals surface area contributed by atoms with Crippen LogP contribution in [-0.4, -0.2) is 31.0 Å². The maximum absolute atomic E-state index is 11.3. The van der Waals surface area contributed by atoms with Crippen molar-refractivity contribution < 1.29 is 4.79 Å². The third-order valence-electron chi connectivity index (χ3n) is 2.58. The zero-order valence-corrected chi connectivity index (χ0v) is 10.3. The highest BCUT2D eigenvalue weighted by atomic mass is 16.1. The first kappa shape index (κ1) is 12.8. The van der Waals surface area contributed by atoms with Crippen LogP contribution >= 0.6 is 0 Å². The van der Waals surface area contributed by atoms with Gasteiger partial charge in [0.2, 0.25) is 5.91 Å². The van der Waals surface area contributed by atoms with Crippen LogP contribution in [0.1, 0.15) is 23.4 Å². The van der Waals surface area contributed by atoms with E-state index >= 15 is 0 Å². The molecule has 0 unspecified atom stereocenters. The molecule has 0 saturated heterocycles. The number of rotatable bonds is 6. The molecule has 0 aliphatic rings. The molecule has 1 amide bonds. The van der Waals surface area contributed by atoms with Crippen molar-refractivity contribution >= 4 is 5.91 Å². The van der Waals surface area contributed by atoms with Gasteiger partial charge in [-0.1, -0.05) is 0 Å². The molecule has 0 aliphatic heterocycles. The molecule has 1 rings (SSSR count). The molecule has 0 bridgehead atoms. The smallest absolute Gasteiger partial charge is 0.221 e. The first-order valence-electron chi connectivity index (χ1n) is 5.70. The highest BCUT2D eigenvalue weighted by Gasteiger charge is 2.03. The standard InChI is InChI=1S/C12H21N3O/c1-9-8-11(10(2)15-9)4-7-14-12(16)5-6-13-3/h8,13,15H,4-7H2,1-3H3,(H,14,16). The van der Waals surface area contributed by atoms with Crippen LogP contribution in [-0.2, 0) is 11.2 Å². The summed E-state index contributed by atoms with van der Waals surface area (Å²) in [4.78, 5) is 14.6. The molecule has 90 valence electrons. The summed E-state index contributed by atoms with van der Waals surface area (Å²) in [5, 5.41) is 5.86. The fourth-order valence-electron chi connectivity index (χ4n) is 1.70. The number of H-pyrrole nitrogens is 1. The molecule has 3 N–H and O–H groups in total. The van der Waals surface area contributed by atoms with Crippen molar-refractivity contribution in [2.75, 3.05) is 20.1 Å². The maximum atomic E-state index is 11.3. The minimum absolute atomic E-state index is 0.110. The van der Waals surface area contributed by atoms with Crippen LogP contribution in [0.25, 0.3) is 0 Å². The summed E-state index contributed by atoms with van der Waals surface area (Å²) in [6.07, 6.45) is 1.43. The Bertz CT molecular complexity index is 344. The van der Waals surface area contributed by atoms with E-state index in [9.17, 15) is 4.79 Å². The van der Waals surface area contributed by atoms with Crippen LogP contribution in [0.3, 0.4) is 0 Å². The number of hydrogen-bond acceptors (Lipinski definition) is 2. The van der Waals surface area contributed by atoms with E-state index in [2.05, 4.69) is 28.6 Å². The zero-order chi connectivity index (χ0) is 12.0. The third kappa shape index (κ3) is 4.06. The van der Waals surface area contributed by atoms with Crippen molar-refractivity contribution in [1.82, 2.24) is 15.6 Å². The first-order chi connectivity index (χ1) is 7.63. The summed E-state index contributed by atoms with van der Waals surface area (Å²) >= 11 is 0. The van der Waals surface area contributed by atoms with Gasteiger partial charge in [-0.05, 0) is 38.9 Å². The molecule has 0 radical (unpaired) electrons. The average molecular weight is 223 g/mol. The number of aromatic nitrogens is 1. The van der Waals surface area contributed by atoms with E-state index in [1.165, 1.54) is 17.0 Å². The van der Waals surface area contributed by atoms with Crippen LogP contribution in [0.2, 0.25) is 0 Å². The Balaban J connectivity index is 2.25. The molecule has 0 spiro atoms. The Hall–Kier alpha value is -1.29. The molecule has 0 fully saturated rings. The molecule has 0 atom stereocenters. The van der Waals surface area contributed by atoms with Crippen molar-refractivity contribution in [2.24, 2.45) is 0 Å². The molecule has 16 heavy (non-hydrogen) atoms. The van der Waals surface area contributed by atoms with Gasteiger partial charge in [0.1, 0.15) is 0 Å². The topological polar surface area (TPSA) is 56.9 Å². The van der Waals surface area contributed by atoms with E-state index in [1.807, 2.05) is 14.0 Å². The second-order valence-electron chi connectivity index (χ2n) is 4.06. The Morgan fingerprint density at radius 2 is 2.12 bits per heavy atom. The van der Waals surface area contributed by atoms with E-state index in [1.54, 1.807) is 0 Å². The first-order valence-corrected chi connectivity index (χ1v) is 5.70. The molecule has 1 heterocycles. The van der Waals surface area contributed by atoms with Crippen molar-refractivity contribution in [3.05, 3.63) is 23.0 Å². The number of carbonyl (C=O) groups excluding carboxylic acids is 1. The molecule has 4 nitrogen and oxygen atoms in total. The number of nitrogens with one attached hydrogen (secondary N) is 3. The molecule has 0 aliphatic carbocycles. The van der Waals surface area contributed by atoms with E-state index in [4.69, 9.17) is 0 Å². The van der Waals surface area contributed by atoms with Gasteiger partial charge in [-0.25, -0.2) is 0 Å². The minimum atomic E-state index is 0.110. The van der Waals surface area contributed by atoms with Gasteiger partial charge in [0.15, 0.2) is 0 Å². The lowest BCUT2D eigenvalue weighted by molar-refractivity contribution is -0.120. The van der Waals surface area contributed by atoms with Gasteiger partial charge in [-0.2, -0.15) is 0 Å². The molecule has 1 aromatic rings. The van der Waals surface area contributed by atoms with Crippen LogP contribution in [0, 0.1) is 13.8 Å². The second kappa shape index (κ2) is 6.33. The van der Waals surface area contributed by atoms with E-state index < -0.39 is 0 Å². The van der Waals surface area contributed by atoms with Gasteiger partial charge in [-0.15, -0.1) is 0 Å². The number of hydrogen-bond donors (Lipinski definition) is 3. The van der Waals surface area contributed by atoms with Gasteiger partial charge < -0.3 is 15.6 Å². The Labute approximate surface area is 96.8 Å². The monoisotopic (exact) mass is 223 g/mol. The van der Waals surface area contributed by atoms with Gasteiger partial charge in [0, 0.05) is 30.9 Å². The number of aromatic amines is 1. The normalized spacial score (nSPS) is 10.4. The zero-order valence-electron chi connectivity index (χ0n) is 10.3. The predicted molar refractivity (Wildman–Crippen MR) is 65.5 cm³/mol. The summed E-state index contributed by atoms with van der Waals surface area (Å²) < 4.78 is 0. The summed E-state index contributed by atoms with van der Waals surface area (Å²) in [5.41, 5.74) is 3.65. The predicted octanol–water partition coefficient (Wildman–Crippen LogP) is 0.900. The lowest BCUT2D eigenvalue weighted by Crippen LogP contribution is -2.28. The second-order valence-corrected chi connectivity index (χ2v) is 4.06. The van der Waals surface area contributed by atoms with Crippen molar-refractivity contribution in [1.29, 1.82) is 0 Å². The molecule has 4 heteroatoms. The highest BCUT2D eigenvalue weighted by molar-refractivity contribution is 5.76. The Kier molecular flexibility index (Phi) is 5.05. The molecule has 0 saturated carbocycles. The molecule has 0 aromatic carbocycles. The van der Waals surface area contributed by atoms with Gasteiger partial charge in [0.25, 0.3) is 0 Å². The third-order valence-corrected chi connectivity index (χ3v) is 2.58. The largest absolute Gasteiger partial charge is 0.362 e. The van der Waals surface area contributed by atoms with Crippen molar-refractivity contribution in [2.45, 2.75) is 26.7 Å². The van der Waals surface area contributed by atoms with E-state index in [0.29, 0.717) is 13.0 Å². The summed E-state index contributed by atoms with van der Waals surface area (Å²) in [6.45, 7) is 5.54. The minimum Gasteiger partial charge on any atom is -0.362 e. The lowest BCUT2D eigenvalue weighted by Gasteiger charge is -2.04. The van der Waals surface area contributed by atoms with E-state index in [-0.39, 0.29) is 5.91 Å². The summed E-state index contributed by atoms with van der Waals surface area (Å²) in [5.74, 6) is 0.110. The molecule has 1 aromatic heterocycles. The summed E-state index contributed by atoms with van der Waals surface area (Å²) in [6, 6.07) is 2.13. The van der Waals surface area contributed by atoms with Gasteiger partial charge in [0.05, 0.1) is 0 Å². The van der Waals surface area contributed by atoms with Crippen LogP contribution in [0.5, 0.6) is 0 Å². The Morgan fingerprint density at radius 1 is 1.38 bits per heavy atom.